The maximum Gasteiger partial charge on any atom is 0.156 e. The molecular weight excluding hydrogens is 398 g/mol. The van der Waals surface area contributed by atoms with E-state index in [9.17, 15) is 5.11 Å². The largest absolute Gasteiger partial charge is 0.454 e. The number of hydrogen-bond donors (Lipinski definition) is 1. The normalized spacial score (nSPS) is 16.6. The van der Waals surface area contributed by atoms with Gasteiger partial charge in [-0.15, -0.1) is 0 Å². The number of aromatic nitrogens is 2. The number of aliphatic hydroxyl groups is 1. The summed E-state index contributed by atoms with van der Waals surface area (Å²) in [4.78, 5) is 2.48. The highest BCUT2D eigenvalue weighted by Crippen LogP contribution is 2.31. The van der Waals surface area contributed by atoms with Gasteiger partial charge in [-0.3, -0.25) is 9.58 Å². The fraction of sp³-hybridized carbons (Fsp3) is 0.370. The van der Waals surface area contributed by atoms with Crippen molar-refractivity contribution in [2.45, 2.75) is 45.4 Å². The molecule has 0 aliphatic carbocycles. The van der Waals surface area contributed by atoms with Crippen LogP contribution in [-0.4, -0.2) is 39.0 Å². The topological polar surface area (TPSA) is 54.4 Å². The van der Waals surface area contributed by atoms with Crippen LogP contribution in [0.25, 0.3) is 22.4 Å². The third-order valence-electron chi connectivity index (χ3n) is 6.67. The lowest BCUT2D eigenvalue weighted by Gasteiger charge is -2.33. The molecule has 1 aliphatic rings. The summed E-state index contributed by atoms with van der Waals surface area (Å²) in [5.41, 5.74) is 4.23. The number of aliphatic hydroxyl groups excluding tert-OH is 1. The van der Waals surface area contributed by atoms with Gasteiger partial charge in [0, 0.05) is 23.7 Å². The Labute approximate surface area is 189 Å². The minimum Gasteiger partial charge on any atom is -0.454 e. The summed E-state index contributed by atoms with van der Waals surface area (Å²) < 4.78 is 8.21. The second-order valence-electron chi connectivity index (χ2n) is 8.92. The van der Waals surface area contributed by atoms with Crippen LogP contribution in [0.4, 0.5) is 0 Å². The average Bonchev–Trinajstić information content (AvgIpc) is 3.43. The Kier molecular flexibility index (Phi) is 6.10. The van der Waals surface area contributed by atoms with E-state index in [0.29, 0.717) is 5.92 Å². The van der Waals surface area contributed by atoms with Crippen LogP contribution >= 0.6 is 0 Å². The first-order valence-electron chi connectivity index (χ1n) is 11.7. The van der Waals surface area contributed by atoms with Gasteiger partial charge < -0.3 is 9.52 Å². The third-order valence-corrected chi connectivity index (χ3v) is 6.67. The quantitative estimate of drug-likeness (QED) is 0.432. The molecule has 1 N–H and O–H groups in total. The van der Waals surface area contributed by atoms with Gasteiger partial charge in [-0.05, 0) is 56.0 Å². The van der Waals surface area contributed by atoms with Crippen LogP contribution in [0.2, 0.25) is 0 Å². The van der Waals surface area contributed by atoms with Gasteiger partial charge in [0.25, 0.3) is 0 Å². The Morgan fingerprint density at radius 3 is 2.53 bits per heavy atom. The number of benzene rings is 2. The van der Waals surface area contributed by atoms with E-state index in [0.717, 1.165) is 67.9 Å². The number of likely N-dealkylation sites (tertiary alicyclic amines) is 1. The Balaban J connectivity index is 1.41. The Morgan fingerprint density at radius 2 is 1.78 bits per heavy atom. The molecule has 3 heterocycles. The van der Waals surface area contributed by atoms with Crippen molar-refractivity contribution in [2.24, 2.45) is 5.92 Å². The molecule has 0 saturated carbocycles. The molecule has 0 amide bonds. The molecule has 1 aliphatic heterocycles. The van der Waals surface area contributed by atoms with Gasteiger partial charge in [-0.25, -0.2) is 0 Å². The second-order valence-corrected chi connectivity index (χ2v) is 8.92. The summed E-state index contributed by atoms with van der Waals surface area (Å²) in [6.45, 7) is 5.66. The maximum absolute atomic E-state index is 10.2. The van der Waals surface area contributed by atoms with Crippen LogP contribution < -0.4 is 0 Å². The summed E-state index contributed by atoms with van der Waals surface area (Å²) in [5, 5.41) is 16.3. The fourth-order valence-corrected chi connectivity index (χ4v) is 4.81. The molecule has 2 aromatic carbocycles. The molecule has 5 rings (SSSR count). The van der Waals surface area contributed by atoms with Gasteiger partial charge in [0.2, 0.25) is 0 Å². The molecular formula is C27H31N3O2. The van der Waals surface area contributed by atoms with Crippen LogP contribution in [-0.2, 0) is 13.1 Å². The first-order valence-corrected chi connectivity index (χ1v) is 11.7. The number of furan rings is 1. The minimum atomic E-state index is -0.170. The van der Waals surface area contributed by atoms with E-state index in [1.807, 2.05) is 28.9 Å². The van der Waals surface area contributed by atoms with E-state index < -0.39 is 0 Å². The lowest BCUT2D eigenvalue weighted by Crippen LogP contribution is -2.37. The van der Waals surface area contributed by atoms with Crippen LogP contribution in [0, 0.1) is 5.92 Å². The molecule has 0 bridgehead atoms. The summed E-state index contributed by atoms with van der Waals surface area (Å²) in [7, 11) is 0. The lowest BCUT2D eigenvalue weighted by molar-refractivity contribution is 0.0550. The zero-order chi connectivity index (χ0) is 21.9. The number of nitrogens with zero attached hydrogens (tertiary/aromatic N) is 3. The molecule has 1 fully saturated rings. The van der Waals surface area contributed by atoms with E-state index in [-0.39, 0.29) is 6.10 Å². The van der Waals surface area contributed by atoms with E-state index in [1.165, 1.54) is 11.1 Å². The molecule has 0 radical (unpaired) electrons. The van der Waals surface area contributed by atoms with Gasteiger partial charge in [-0.1, -0.05) is 55.5 Å². The first kappa shape index (κ1) is 21.0. The van der Waals surface area contributed by atoms with Crippen molar-refractivity contribution >= 4 is 11.0 Å². The third kappa shape index (κ3) is 4.50. The van der Waals surface area contributed by atoms with Gasteiger partial charge in [0.05, 0.1) is 12.6 Å². The number of para-hydroxylation sites is 1. The molecule has 5 nitrogen and oxygen atoms in total. The average molecular weight is 430 g/mol. The lowest BCUT2D eigenvalue weighted by atomic mass is 9.90. The van der Waals surface area contributed by atoms with E-state index >= 15 is 0 Å². The van der Waals surface area contributed by atoms with Crippen molar-refractivity contribution in [1.82, 2.24) is 14.7 Å². The van der Waals surface area contributed by atoms with E-state index in [1.54, 1.807) is 0 Å². The summed E-state index contributed by atoms with van der Waals surface area (Å²) in [6.07, 6.45) is 4.94. The number of hydrogen-bond acceptors (Lipinski definition) is 4. The van der Waals surface area contributed by atoms with Crippen LogP contribution in [0.3, 0.4) is 0 Å². The number of fused-ring (bicyclic) bond motifs is 1. The molecule has 166 valence electrons. The second kappa shape index (κ2) is 9.31. The zero-order valence-corrected chi connectivity index (χ0v) is 18.7. The van der Waals surface area contributed by atoms with Crippen LogP contribution in [0.15, 0.2) is 71.3 Å². The Morgan fingerprint density at radius 1 is 1.03 bits per heavy atom. The Bertz CT molecular complexity index is 1120. The predicted molar refractivity (Wildman–Crippen MR) is 127 cm³/mol. The molecule has 5 heteroatoms. The molecule has 1 saturated heterocycles. The first-order chi connectivity index (χ1) is 15.7. The predicted octanol–water partition coefficient (Wildman–Crippen LogP) is 5.33. The number of piperidine rings is 1. The van der Waals surface area contributed by atoms with Crippen molar-refractivity contribution in [3.05, 3.63) is 78.0 Å². The Hall–Kier alpha value is -2.89. The standard InChI is InChI=1S/C27H31N3O2/c1-2-24(31)21-12-14-29(15-13-21)18-23-19-30(17-20-8-4-3-5-9-20)28-27(23)26-16-22-10-6-7-11-25(22)32-26/h3-11,16,19,21,24,31H,2,12-15,17-18H2,1H3/t24-/m0/s1. The van der Waals surface area contributed by atoms with Crippen molar-refractivity contribution in [3.8, 4) is 11.5 Å². The molecule has 0 unspecified atom stereocenters. The zero-order valence-electron chi connectivity index (χ0n) is 18.7. The molecule has 0 spiro atoms. The fourth-order valence-electron chi connectivity index (χ4n) is 4.81. The van der Waals surface area contributed by atoms with Crippen molar-refractivity contribution in [2.75, 3.05) is 13.1 Å². The number of rotatable bonds is 7. The van der Waals surface area contributed by atoms with Gasteiger partial charge in [-0.2, -0.15) is 5.10 Å². The van der Waals surface area contributed by atoms with Crippen molar-refractivity contribution in [1.29, 1.82) is 0 Å². The van der Waals surface area contributed by atoms with Crippen LogP contribution in [0.1, 0.15) is 37.3 Å². The minimum absolute atomic E-state index is 0.170. The van der Waals surface area contributed by atoms with Crippen LogP contribution in [0.5, 0.6) is 0 Å². The van der Waals surface area contributed by atoms with Gasteiger partial charge >= 0.3 is 0 Å². The summed E-state index contributed by atoms with van der Waals surface area (Å²) >= 11 is 0. The van der Waals surface area contributed by atoms with Crippen molar-refractivity contribution < 1.29 is 9.52 Å². The summed E-state index contributed by atoms with van der Waals surface area (Å²) in [6, 6.07) is 20.6. The van der Waals surface area contributed by atoms with Gasteiger partial charge in [0.1, 0.15) is 11.3 Å². The summed E-state index contributed by atoms with van der Waals surface area (Å²) in [5.74, 6) is 1.25. The van der Waals surface area contributed by atoms with E-state index in [2.05, 4.69) is 54.4 Å². The SMILES string of the molecule is CC[C@H](O)C1CCN(Cc2cn(Cc3ccccc3)nc2-c2cc3ccccc3o2)CC1. The van der Waals surface area contributed by atoms with Gasteiger partial charge in [0.15, 0.2) is 5.76 Å². The van der Waals surface area contributed by atoms with E-state index in [4.69, 9.17) is 9.52 Å². The maximum atomic E-state index is 10.2. The van der Waals surface area contributed by atoms with Crippen molar-refractivity contribution in [3.63, 3.8) is 0 Å². The molecule has 4 aromatic rings. The highest BCUT2D eigenvalue weighted by atomic mass is 16.3. The highest BCUT2D eigenvalue weighted by Gasteiger charge is 2.25. The molecule has 1 atom stereocenters. The molecule has 2 aromatic heterocycles. The monoisotopic (exact) mass is 429 g/mol. The molecule has 32 heavy (non-hydrogen) atoms. The smallest absolute Gasteiger partial charge is 0.156 e. The highest BCUT2D eigenvalue weighted by molar-refractivity contribution is 5.82.